The number of carbonyl (C=O) groups is 1. The predicted octanol–water partition coefficient (Wildman–Crippen LogP) is 3.95. The molecule has 2 atom stereocenters. The zero-order valence-electron chi connectivity index (χ0n) is 16.8. The van der Waals surface area contributed by atoms with Crippen LogP contribution in [0.4, 0.5) is 4.39 Å². The lowest BCUT2D eigenvalue weighted by molar-refractivity contribution is -0.139. The molecular weight excluding hydrogens is 365 g/mol. The second kappa shape index (κ2) is 9.04. The van der Waals surface area contributed by atoms with Crippen LogP contribution in [-0.2, 0) is 17.8 Å². The van der Waals surface area contributed by atoms with E-state index in [1.165, 1.54) is 18.6 Å². The first-order valence-electron chi connectivity index (χ1n) is 10.8. The topological polar surface area (TPSA) is 59.2 Å². The van der Waals surface area contributed by atoms with Gasteiger partial charge in [-0.15, -0.1) is 0 Å². The molecule has 1 aromatic heterocycles. The van der Waals surface area contributed by atoms with Gasteiger partial charge in [-0.3, -0.25) is 9.78 Å². The van der Waals surface area contributed by atoms with Crippen LogP contribution >= 0.6 is 0 Å². The molecule has 0 radical (unpaired) electrons. The molecule has 0 saturated heterocycles. The van der Waals surface area contributed by atoms with E-state index in [2.05, 4.69) is 4.98 Å². The molecule has 2 aromatic rings. The minimum absolute atomic E-state index is 0.0503. The lowest BCUT2D eigenvalue weighted by atomic mass is 9.65. The summed E-state index contributed by atoms with van der Waals surface area (Å²) in [5, 5.41) is 0. The highest BCUT2D eigenvalue weighted by molar-refractivity contribution is 5.79. The number of halogens is 1. The molecule has 2 N–H and O–H groups in total. The molecule has 2 fully saturated rings. The van der Waals surface area contributed by atoms with Gasteiger partial charge in [0.1, 0.15) is 5.82 Å². The third-order valence-electron chi connectivity index (χ3n) is 6.72. The highest BCUT2D eigenvalue weighted by Gasteiger charge is 2.41. The molecule has 4 nitrogen and oxygen atoms in total. The lowest BCUT2D eigenvalue weighted by Crippen LogP contribution is -2.49. The molecule has 1 heterocycles. The molecule has 1 aromatic carbocycles. The number of aromatic nitrogens is 1. The van der Waals surface area contributed by atoms with E-state index in [0.29, 0.717) is 31.3 Å². The van der Waals surface area contributed by atoms with Crippen molar-refractivity contribution in [1.29, 1.82) is 0 Å². The maximum atomic E-state index is 13.5. The number of fused-ring (bicyclic) bond motifs is 2. The van der Waals surface area contributed by atoms with Gasteiger partial charge in [-0.2, -0.15) is 0 Å². The summed E-state index contributed by atoms with van der Waals surface area (Å²) in [5.41, 5.74) is 8.36. The van der Waals surface area contributed by atoms with Gasteiger partial charge in [0.2, 0.25) is 5.91 Å². The van der Waals surface area contributed by atoms with E-state index in [4.69, 9.17) is 5.73 Å². The van der Waals surface area contributed by atoms with Crippen LogP contribution in [-0.4, -0.2) is 28.4 Å². The van der Waals surface area contributed by atoms with Gasteiger partial charge in [-0.05, 0) is 67.3 Å². The maximum absolute atomic E-state index is 13.5. The highest BCUT2D eigenvalue weighted by Crippen LogP contribution is 2.42. The third-order valence-corrected chi connectivity index (χ3v) is 6.72. The van der Waals surface area contributed by atoms with Gasteiger partial charge < -0.3 is 10.6 Å². The van der Waals surface area contributed by atoms with Crippen LogP contribution in [0.5, 0.6) is 0 Å². The van der Waals surface area contributed by atoms with Crippen molar-refractivity contribution in [3.8, 4) is 0 Å². The van der Waals surface area contributed by atoms with E-state index in [1.54, 1.807) is 18.3 Å². The first-order valence-corrected chi connectivity index (χ1v) is 10.8. The SMILES string of the molecule is NC1C2CCCC1CC(C(=O)N(CCc1ccccn1)Cc1ccc(F)cc1)C2. The zero-order valence-corrected chi connectivity index (χ0v) is 16.8. The molecule has 2 saturated carbocycles. The number of nitrogens with two attached hydrogens (primary N) is 1. The van der Waals surface area contributed by atoms with Gasteiger partial charge in [0.15, 0.2) is 0 Å². The monoisotopic (exact) mass is 395 g/mol. The Balaban J connectivity index is 1.48. The van der Waals surface area contributed by atoms with Crippen molar-refractivity contribution in [2.75, 3.05) is 6.54 Å². The lowest BCUT2D eigenvalue weighted by Gasteiger charge is -2.44. The minimum Gasteiger partial charge on any atom is -0.338 e. The fourth-order valence-corrected chi connectivity index (χ4v) is 5.12. The van der Waals surface area contributed by atoms with Gasteiger partial charge in [0.25, 0.3) is 0 Å². The van der Waals surface area contributed by atoms with E-state index in [1.807, 2.05) is 23.1 Å². The summed E-state index contributed by atoms with van der Waals surface area (Å²) >= 11 is 0. The fraction of sp³-hybridized carbons (Fsp3) is 0.500. The summed E-state index contributed by atoms with van der Waals surface area (Å²) in [6, 6.07) is 12.6. The molecule has 2 unspecified atom stereocenters. The third kappa shape index (κ3) is 4.84. The molecular formula is C24H30FN3O. The summed E-state index contributed by atoms with van der Waals surface area (Å²) in [6.45, 7) is 1.12. The van der Waals surface area contributed by atoms with Crippen molar-refractivity contribution < 1.29 is 9.18 Å². The van der Waals surface area contributed by atoms with Crippen molar-refractivity contribution in [3.63, 3.8) is 0 Å². The summed E-state index contributed by atoms with van der Waals surface area (Å²) in [5.74, 6) is 0.956. The Hall–Kier alpha value is -2.27. The van der Waals surface area contributed by atoms with Crippen LogP contribution in [0.3, 0.4) is 0 Å². The average Bonchev–Trinajstić information content (AvgIpc) is 2.72. The van der Waals surface area contributed by atoms with Crippen molar-refractivity contribution >= 4 is 5.91 Å². The van der Waals surface area contributed by atoms with Crippen molar-refractivity contribution in [1.82, 2.24) is 9.88 Å². The van der Waals surface area contributed by atoms with Crippen molar-refractivity contribution in [2.45, 2.75) is 51.1 Å². The van der Waals surface area contributed by atoms with Gasteiger partial charge in [-0.1, -0.05) is 24.6 Å². The summed E-state index contributed by atoms with van der Waals surface area (Å²) in [4.78, 5) is 19.9. The Morgan fingerprint density at radius 1 is 1.10 bits per heavy atom. The summed E-state index contributed by atoms with van der Waals surface area (Å²) in [6.07, 6.45) is 7.83. The molecule has 0 aliphatic heterocycles. The molecule has 2 aliphatic rings. The predicted molar refractivity (Wildman–Crippen MR) is 111 cm³/mol. The van der Waals surface area contributed by atoms with E-state index >= 15 is 0 Å². The molecule has 2 bridgehead atoms. The van der Waals surface area contributed by atoms with E-state index < -0.39 is 0 Å². The Morgan fingerprint density at radius 2 is 1.83 bits per heavy atom. The number of rotatable bonds is 6. The van der Waals surface area contributed by atoms with Gasteiger partial charge >= 0.3 is 0 Å². The molecule has 5 heteroatoms. The normalized spacial score (nSPS) is 26.1. The number of hydrogen-bond acceptors (Lipinski definition) is 3. The Morgan fingerprint density at radius 3 is 2.48 bits per heavy atom. The number of pyridine rings is 1. The Kier molecular flexibility index (Phi) is 6.24. The van der Waals surface area contributed by atoms with Crippen LogP contribution in [0, 0.1) is 23.6 Å². The quantitative estimate of drug-likeness (QED) is 0.806. The van der Waals surface area contributed by atoms with E-state index in [-0.39, 0.29) is 23.7 Å². The largest absolute Gasteiger partial charge is 0.338 e. The fourth-order valence-electron chi connectivity index (χ4n) is 5.12. The first kappa shape index (κ1) is 20.0. The number of benzene rings is 1. The molecule has 2 aliphatic carbocycles. The number of amides is 1. The summed E-state index contributed by atoms with van der Waals surface area (Å²) in [7, 11) is 0. The van der Waals surface area contributed by atoms with Crippen molar-refractivity contribution in [2.24, 2.45) is 23.5 Å². The van der Waals surface area contributed by atoms with Crippen molar-refractivity contribution in [3.05, 3.63) is 65.7 Å². The van der Waals surface area contributed by atoms with E-state index in [0.717, 1.165) is 36.9 Å². The van der Waals surface area contributed by atoms with E-state index in [9.17, 15) is 9.18 Å². The Labute approximate surface area is 172 Å². The summed E-state index contributed by atoms with van der Waals surface area (Å²) < 4.78 is 13.3. The number of carbonyl (C=O) groups excluding carboxylic acids is 1. The van der Waals surface area contributed by atoms with Gasteiger partial charge in [0, 0.05) is 43.4 Å². The molecule has 1 amide bonds. The van der Waals surface area contributed by atoms with Crippen LogP contribution < -0.4 is 5.73 Å². The smallest absolute Gasteiger partial charge is 0.226 e. The molecule has 29 heavy (non-hydrogen) atoms. The van der Waals surface area contributed by atoms with Crippen LogP contribution in [0.2, 0.25) is 0 Å². The maximum Gasteiger partial charge on any atom is 0.226 e. The zero-order chi connectivity index (χ0) is 20.2. The standard InChI is InChI=1S/C24H30FN3O/c25-21-9-7-17(8-10-21)16-28(13-11-22-6-1-2-12-27-22)24(29)20-14-18-4-3-5-19(15-20)23(18)26/h1-2,6-10,12,18-20,23H,3-5,11,13-16,26H2. The average molecular weight is 396 g/mol. The first-order chi connectivity index (χ1) is 14.1. The number of hydrogen-bond donors (Lipinski definition) is 1. The second-order valence-corrected chi connectivity index (χ2v) is 8.65. The Bertz CT molecular complexity index is 797. The van der Waals surface area contributed by atoms with Crippen LogP contribution in [0.15, 0.2) is 48.7 Å². The molecule has 0 spiro atoms. The highest BCUT2D eigenvalue weighted by atomic mass is 19.1. The molecule has 154 valence electrons. The van der Waals surface area contributed by atoms with Crippen LogP contribution in [0.25, 0.3) is 0 Å². The minimum atomic E-state index is -0.255. The molecule has 4 rings (SSSR count). The second-order valence-electron chi connectivity index (χ2n) is 8.65. The van der Waals surface area contributed by atoms with Gasteiger partial charge in [-0.25, -0.2) is 4.39 Å². The number of nitrogens with zero attached hydrogens (tertiary/aromatic N) is 2. The van der Waals surface area contributed by atoms with Gasteiger partial charge in [0.05, 0.1) is 0 Å². The van der Waals surface area contributed by atoms with Crippen LogP contribution in [0.1, 0.15) is 43.4 Å².